The largest absolute Gasteiger partial charge is 0.375 e. The highest BCUT2D eigenvalue weighted by atomic mass is 79.9. The van der Waals surface area contributed by atoms with Gasteiger partial charge >= 0.3 is 0 Å². The van der Waals surface area contributed by atoms with E-state index < -0.39 is 0 Å². The van der Waals surface area contributed by atoms with Crippen LogP contribution < -0.4 is 5.73 Å². The Bertz CT molecular complexity index is 503. The van der Waals surface area contributed by atoms with E-state index in [9.17, 15) is 0 Å². The number of nitrogens with two attached hydrogens (primary N) is 1. The van der Waals surface area contributed by atoms with Gasteiger partial charge in [0.25, 0.3) is 0 Å². The lowest BCUT2D eigenvalue weighted by Crippen LogP contribution is -1.93. The summed E-state index contributed by atoms with van der Waals surface area (Å²) in [7, 11) is 0. The average Bonchev–Trinajstić information content (AvgIpc) is 2.58. The van der Waals surface area contributed by atoms with Gasteiger partial charge in [-0.3, -0.25) is 0 Å². The normalized spacial score (nSPS) is 10.4. The number of hydrogen-bond donors (Lipinski definition) is 1. The summed E-state index contributed by atoms with van der Waals surface area (Å²) >= 11 is 1.55. The van der Waals surface area contributed by atoms with Crippen molar-refractivity contribution in [2.24, 2.45) is 5.92 Å². The molecule has 4 heteroatoms. The van der Waals surface area contributed by atoms with Gasteiger partial charge in [-0.1, -0.05) is 49.4 Å². The molecule has 0 unspecified atom stereocenters. The molecule has 1 aromatic heterocycles. The topological polar surface area (TPSA) is 38.9 Å². The maximum absolute atomic E-state index is 5.72. The molecule has 2 nitrogen and oxygen atoms in total. The third-order valence-electron chi connectivity index (χ3n) is 2.67. The Hall–Kier alpha value is -0.870. The molecule has 1 aromatic carbocycles. The molecular formula is C14H19BrN2S. The number of nitrogen functional groups attached to an aromatic ring is 1. The summed E-state index contributed by atoms with van der Waals surface area (Å²) in [6.07, 6.45) is 1.13. The Morgan fingerprint density at radius 2 is 1.83 bits per heavy atom. The first-order chi connectivity index (χ1) is 8.06. The molecule has 0 aliphatic carbocycles. The van der Waals surface area contributed by atoms with Crippen LogP contribution in [0.25, 0.3) is 10.4 Å². The fraction of sp³-hybridized carbons (Fsp3) is 0.357. The van der Waals surface area contributed by atoms with E-state index in [2.05, 4.69) is 43.1 Å². The highest BCUT2D eigenvalue weighted by Crippen LogP contribution is 2.31. The van der Waals surface area contributed by atoms with E-state index in [1.165, 1.54) is 16.0 Å². The zero-order chi connectivity index (χ0) is 12.4. The molecule has 98 valence electrons. The van der Waals surface area contributed by atoms with Gasteiger partial charge in [0.05, 0.1) is 10.6 Å². The SMILES string of the molecule is Br.Cc1nc(N)sc1-c1ccc(CC(C)C)cc1. The van der Waals surface area contributed by atoms with E-state index >= 15 is 0 Å². The lowest BCUT2D eigenvalue weighted by molar-refractivity contribution is 0.647. The lowest BCUT2D eigenvalue weighted by atomic mass is 10.0. The summed E-state index contributed by atoms with van der Waals surface area (Å²) in [4.78, 5) is 5.43. The summed E-state index contributed by atoms with van der Waals surface area (Å²) in [6.45, 7) is 6.48. The first kappa shape index (κ1) is 15.2. The number of hydrogen-bond acceptors (Lipinski definition) is 3. The van der Waals surface area contributed by atoms with Crippen LogP contribution in [-0.4, -0.2) is 4.98 Å². The van der Waals surface area contributed by atoms with Gasteiger partial charge in [-0.05, 0) is 30.4 Å². The molecule has 0 aliphatic heterocycles. The first-order valence-corrected chi connectivity index (χ1v) is 6.70. The van der Waals surface area contributed by atoms with Crippen LogP contribution in [-0.2, 0) is 6.42 Å². The number of halogens is 1. The molecule has 0 aliphatic rings. The molecule has 18 heavy (non-hydrogen) atoms. The van der Waals surface area contributed by atoms with Crippen molar-refractivity contribution in [3.05, 3.63) is 35.5 Å². The molecule has 2 aromatic rings. The van der Waals surface area contributed by atoms with Gasteiger partial charge < -0.3 is 5.73 Å². The van der Waals surface area contributed by atoms with Gasteiger partial charge in [-0.25, -0.2) is 4.98 Å². The fourth-order valence-electron chi connectivity index (χ4n) is 1.95. The molecule has 0 fully saturated rings. The maximum Gasteiger partial charge on any atom is 0.180 e. The van der Waals surface area contributed by atoms with E-state index in [1.807, 2.05) is 6.92 Å². The van der Waals surface area contributed by atoms with Crippen LogP contribution in [0.5, 0.6) is 0 Å². The van der Waals surface area contributed by atoms with Crippen LogP contribution in [0.4, 0.5) is 5.13 Å². The summed E-state index contributed by atoms with van der Waals surface area (Å²) in [6, 6.07) is 8.73. The van der Waals surface area contributed by atoms with Gasteiger partial charge in [0.2, 0.25) is 0 Å². The summed E-state index contributed by atoms with van der Waals surface area (Å²) in [5.74, 6) is 0.696. The molecule has 0 radical (unpaired) electrons. The minimum Gasteiger partial charge on any atom is -0.375 e. The number of rotatable bonds is 3. The second-order valence-electron chi connectivity index (χ2n) is 4.76. The number of aromatic nitrogens is 1. The first-order valence-electron chi connectivity index (χ1n) is 5.88. The average molecular weight is 327 g/mol. The number of nitrogens with zero attached hydrogens (tertiary/aromatic N) is 1. The van der Waals surface area contributed by atoms with E-state index in [0.29, 0.717) is 11.0 Å². The van der Waals surface area contributed by atoms with Crippen molar-refractivity contribution in [3.63, 3.8) is 0 Å². The lowest BCUT2D eigenvalue weighted by Gasteiger charge is -2.05. The molecule has 2 N–H and O–H groups in total. The molecule has 1 heterocycles. The van der Waals surface area contributed by atoms with E-state index in [0.717, 1.165) is 12.1 Å². The minimum absolute atomic E-state index is 0. The van der Waals surface area contributed by atoms with Crippen LogP contribution in [0.1, 0.15) is 25.1 Å². The van der Waals surface area contributed by atoms with Crippen molar-refractivity contribution in [3.8, 4) is 10.4 Å². The number of aryl methyl sites for hydroxylation is 1. The zero-order valence-corrected chi connectivity index (χ0v) is 13.5. The van der Waals surface area contributed by atoms with Crippen molar-refractivity contribution in [1.29, 1.82) is 0 Å². The number of thiazole rings is 1. The second kappa shape index (κ2) is 6.34. The highest BCUT2D eigenvalue weighted by Gasteiger charge is 2.07. The predicted octanol–water partition coefficient (Wildman–Crippen LogP) is 4.48. The van der Waals surface area contributed by atoms with Crippen molar-refractivity contribution in [2.45, 2.75) is 27.2 Å². The Labute approximate surface area is 123 Å². The van der Waals surface area contributed by atoms with E-state index in [-0.39, 0.29) is 17.0 Å². The Morgan fingerprint density at radius 3 is 2.28 bits per heavy atom. The molecule has 0 amide bonds. The third-order valence-corrected chi connectivity index (χ3v) is 3.71. The van der Waals surface area contributed by atoms with Crippen molar-refractivity contribution in [1.82, 2.24) is 4.98 Å². The van der Waals surface area contributed by atoms with Crippen LogP contribution in [0.2, 0.25) is 0 Å². The number of anilines is 1. The summed E-state index contributed by atoms with van der Waals surface area (Å²) in [5, 5.41) is 0.642. The van der Waals surface area contributed by atoms with Crippen molar-refractivity contribution < 1.29 is 0 Å². The number of benzene rings is 1. The van der Waals surface area contributed by atoms with Gasteiger partial charge in [0.15, 0.2) is 5.13 Å². The second-order valence-corrected chi connectivity index (χ2v) is 5.79. The molecule has 0 spiro atoms. The van der Waals surface area contributed by atoms with Crippen molar-refractivity contribution in [2.75, 3.05) is 5.73 Å². The van der Waals surface area contributed by atoms with E-state index in [1.54, 1.807) is 11.3 Å². The Kier molecular flexibility index (Phi) is 5.35. The monoisotopic (exact) mass is 326 g/mol. The standard InChI is InChI=1S/C14H18N2S.BrH/c1-9(2)8-11-4-6-12(7-5-11)13-10(3)16-14(15)17-13;/h4-7,9H,8H2,1-3H3,(H2,15,16);1H. The van der Waals surface area contributed by atoms with Crippen LogP contribution in [0, 0.1) is 12.8 Å². The quantitative estimate of drug-likeness (QED) is 0.903. The molecular weight excluding hydrogens is 308 g/mol. The van der Waals surface area contributed by atoms with Crippen LogP contribution in [0.15, 0.2) is 24.3 Å². The predicted molar refractivity (Wildman–Crippen MR) is 85.6 cm³/mol. The zero-order valence-electron chi connectivity index (χ0n) is 10.9. The van der Waals surface area contributed by atoms with Gasteiger partial charge in [0.1, 0.15) is 0 Å². The molecule has 0 bridgehead atoms. The van der Waals surface area contributed by atoms with Gasteiger partial charge in [-0.15, -0.1) is 17.0 Å². The molecule has 2 rings (SSSR count). The summed E-state index contributed by atoms with van der Waals surface area (Å²) in [5.41, 5.74) is 9.34. The third kappa shape index (κ3) is 3.56. The smallest absolute Gasteiger partial charge is 0.180 e. The fourth-order valence-corrected chi connectivity index (χ4v) is 2.79. The Morgan fingerprint density at radius 1 is 1.22 bits per heavy atom. The van der Waals surface area contributed by atoms with E-state index in [4.69, 9.17) is 5.73 Å². The highest BCUT2D eigenvalue weighted by molar-refractivity contribution is 8.93. The molecule has 0 atom stereocenters. The maximum atomic E-state index is 5.72. The molecule has 0 saturated carbocycles. The van der Waals surface area contributed by atoms with Gasteiger partial charge in [0, 0.05) is 0 Å². The van der Waals surface area contributed by atoms with Crippen molar-refractivity contribution >= 4 is 33.4 Å². The minimum atomic E-state index is 0. The van der Waals surface area contributed by atoms with Crippen LogP contribution in [0.3, 0.4) is 0 Å². The van der Waals surface area contributed by atoms with Gasteiger partial charge in [-0.2, -0.15) is 0 Å². The molecule has 0 saturated heterocycles. The Balaban J connectivity index is 0.00000162. The van der Waals surface area contributed by atoms with Crippen LogP contribution >= 0.6 is 28.3 Å². The summed E-state index contributed by atoms with van der Waals surface area (Å²) < 4.78 is 0.